The summed E-state index contributed by atoms with van der Waals surface area (Å²) in [5.41, 5.74) is 0.779. The zero-order valence-electron chi connectivity index (χ0n) is 8.61. The number of nitrogens with zero attached hydrogens (tertiary/aromatic N) is 2. The number of anilines is 2. The van der Waals surface area contributed by atoms with Gasteiger partial charge < -0.3 is 5.32 Å². The van der Waals surface area contributed by atoms with Crippen LogP contribution in [-0.2, 0) is 0 Å². The number of nitrogens with one attached hydrogen (secondary N) is 1. The molecule has 0 aliphatic rings. The highest BCUT2D eigenvalue weighted by Crippen LogP contribution is 2.25. The molecule has 0 aliphatic heterocycles. The van der Waals surface area contributed by atoms with Crippen molar-refractivity contribution < 1.29 is 4.39 Å². The third-order valence-electron chi connectivity index (χ3n) is 2.10. The summed E-state index contributed by atoms with van der Waals surface area (Å²) < 4.78 is 14.0. The fourth-order valence-electron chi connectivity index (χ4n) is 1.28. The highest BCUT2D eigenvalue weighted by Gasteiger charge is 2.06. The second-order valence-electron chi connectivity index (χ2n) is 3.27. The molecule has 2 rings (SSSR count). The molecule has 0 radical (unpaired) electrons. The second kappa shape index (κ2) is 4.93. The molecule has 84 valence electrons. The van der Waals surface area contributed by atoms with Crippen LogP contribution in [0.2, 0.25) is 0 Å². The molecule has 0 bridgehead atoms. The van der Waals surface area contributed by atoms with E-state index in [2.05, 4.69) is 26.2 Å². The van der Waals surface area contributed by atoms with Crippen molar-refractivity contribution in [2.24, 2.45) is 0 Å². The van der Waals surface area contributed by atoms with Crippen LogP contribution in [0.3, 0.4) is 0 Å². The summed E-state index contributed by atoms with van der Waals surface area (Å²) in [6, 6.07) is 9.91. The third kappa shape index (κ3) is 2.60. The number of aromatic nitrogens is 1. The number of benzene rings is 1. The van der Waals surface area contributed by atoms with E-state index in [4.69, 9.17) is 5.26 Å². The minimum Gasteiger partial charge on any atom is -0.337 e. The summed E-state index contributed by atoms with van der Waals surface area (Å²) in [5.74, 6) is 0.111. The Labute approximate surface area is 106 Å². The van der Waals surface area contributed by atoms with Crippen LogP contribution in [0.4, 0.5) is 15.9 Å². The number of rotatable bonds is 2. The van der Waals surface area contributed by atoms with Crippen molar-refractivity contribution in [1.82, 2.24) is 4.98 Å². The number of hydrogen-bond acceptors (Lipinski definition) is 3. The Balaban J connectivity index is 2.32. The molecule has 1 aromatic carbocycles. The fraction of sp³-hybridized carbons (Fsp3) is 0. The van der Waals surface area contributed by atoms with Gasteiger partial charge in [0.15, 0.2) is 0 Å². The lowest BCUT2D eigenvalue weighted by molar-refractivity contribution is 0.632. The molecule has 1 aromatic heterocycles. The van der Waals surface area contributed by atoms with Gasteiger partial charge in [0.05, 0.1) is 15.7 Å². The standard InChI is InChI=1S/C12H7BrFN3/c13-9-5-8(6-15)7-16-12(9)17-11-4-2-1-3-10(11)14/h1-5,7H,(H,16,17). The number of halogens is 2. The summed E-state index contributed by atoms with van der Waals surface area (Å²) in [6.45, 7) is 0. The summed E-state index contributed by atoms with van der Waals surface area (Å²) >= 11 is 3.27. The minimum atomic E-state index is -0.356. The molecule has 1 N–H and O–H groups in total. The molecule has 3 nitrogen and oxygen atoms in total. The molecule has 0 unspecified atom stereocenters. The van der Waals surface area contributed by atoms with E-state index < -0.39 is 0 Å². The average molecular weight is 292 g/mol. The van der Waals surface area contributed by atoms with Crippen LogP contribution in [0.5, 0.6) is 0 Å². The van der Waals surface area contributed by atoms with Gasteiger partial charge in [0.25, 0.3) is 0 Å². The van der Waals surface area contributed by atoms with Crippen LogP contribution >= 0.6 is 15.9 Å². The molecular weight excluding hydrogens is 285 g/mol. The number of para-hydroxylation sites is 1. The Kier molecular flexibility index (Phi) is 3.35. The first-order chi connectivity index (χ1) is 8.20. The lowest BCUT2D eigenvalue weighted by Gasteiger charge is -2.08. The zero-order chi connectivity index (χ0) is 12.3. The van der Waals surface area contributed by atoms with Gasteiger partial charge in [-0.1, -0.05) is 12.1 Å². The van der Waals surface area contributed by atoms with Crippen molar-refractivity contribution in [1.29, 1.82) is 5.26 Å². The van der Waals surface area contributed by atoms with Crippen molar-refractivity contribution in [2.75, 3.05) is 5.32 Å². The molecule has 0 amide bonds. The Hall–Kier alpha value is -1.93. The molecule has 0 aliphatic carbocycles. The summed E-state index contributed by atoms with van der Waals surface area (Å²) in [5, 5.41) is 11.5. The van der Waals surface area contributed by atoms with Crippen LogP contribution in [0, 0.1) is 17.1 Å². The zero-order valence-corrected chi connectivity index (χ0v) is 10.2. The van der Waals surface area contributed by atoms with Crippen LogP contribution < -0.4 is 5.32 Å². The van der Waals surface area contributed by atoms with E-state index in [-0.39, 0.29) is 5.82 Å². The molecule has 2 aromatic rings. The molecule has 0 saturated heterocycles. The van der Waals surface area contributed by atoms with Crippen molar-refractivity contribution in [3.63, 3.8) is 0 Å². The van der Waals surface area contributed by atoms with Crippen LogP contribution in [0.15, 0.2) is 41.0 Å². The smallest absolute Gasteiger partial charge is 0.146 e. The Bertz CT molecular complexity index is 593. The van der Waals surface area contributed by atoms with Gasteiger partial charge in [-0.25, -0.2) is 9.37 Å². The highest BCUT2D eigenvalue weighted by atomic mass is 79.9. The van der Waals surface area contributed by atoms with Gasteiger partial charge in [-0.2, -0.15) is 5.26 Å². The maximum atomic E-state index is 13.4. The normalized spacial score (nSPS) is 9.71. The van der Waals surface area contributed by atoms with Crippen LogP contribution in [0.25, 0.3) is 0 Å². The highest BCUT2D eigenvalue weighted by molar-refractivity contribution is 9.10. The van der Waals surface area contributed by atoms with E-state index in [0.717, 1.165) is 0 Å². The molecule has 0 saturated carbocycles. The molecular formula is C12H7BrFN3. The Morgan fingerprint density at radius 3 is 2.76 bits per heavy atom. The number of pyridine rings is 1. The number of nitriles is 1. The fourth-order valence-corrected chi connectivity index (χ4v) is 1.73. The van der Waals surface area contributed by atoms with Crippen molar-refractivity contribution >= 4 is 27.4 Å². The van der Waals surface area contributed by atoms with Crippen molar-refractivity contribution in [2.45, 2.75) is 0 Å². The topological polar surface area (TPSA) is 48.7 Å². The summed E-state index contributed by atoms with van der Waals surface area (Å²) in [6.07, 6.45) is 1.42. The largest absolute Gasteiger partial charge is 0.337 e. The SMILES string of the molecule is N#Cc1cnc(Nc2ccccc2F)c(Br)c1. The van der Waals surface area contributed by atoms with Crippen LogP contribution in [-0.4, -0.2) is 4.98 Å². The second-order valence-corrected chi connectivity index (χ2v) is 4.13. The first-order valence-corrected chi connectivity index (χ1v) is 5.57. The first-order valence-electron chi connectivity index (χ1n) is 4.78. The minimum absolute atomic E-state index is 0.338. The third-order valence-corrected chi connectivity index (χ3v) is 2.70. The van der Waals surface area contributed by atoms with Gasteiger partial charge >= 0.3 is 0 Å². The predicted octanol–water partition coefficient (Wildman–Crippen LogP) is 3.60. The van der Waals surface area contributed by atoms with Gasteiger partial charge in [-0.15, -0.1) is 0 Å². The molecule has 1 heterocycles. The first kappa shape index (κ1) is 11.6. The lowest BCUT2D eigenvalue weighted by Crippen LogP contribution is -1.97. The molecule has 0 fully saturated rings. The predicted molar refractivity (Wildman–Crippen MR) is 66.3 cm³/mol. The van der Waals surface area contributed by atoms with E-state index in [0.29, 0.717) is 21.5 Å². The molecule has 0 spiro atoms. The van der Waals surface area contributed by atoms with E-state index in [9.17, 15) is 4.39 Å². The number of hydrogen-bond donors (Lipinski definition) is 1. The summed E-state index contributed by atoms with van der Waals surface area (Å²) in [7, 11) is 0. The van der Waals surface area contributed by atoms with Gasteiger partial charge in [-0.3, -0.25) is 0 Å². The van der Waals surface area contributed by atoms with Gasteiger partial charge in [0.2, 0.25) is 0 Å². The quantitative estimate of drug-likeness (QED) is 0.920. The van der Waals surface area contributed by atoms with Gasteiger partial charge in [0, 0.05) is 6.20 Å². The van der Waals surface area contributed by atoms with E-state index in [1.165, 1.54) is 12.3 Å². The molecule has 17 heavy (non-hydrogen) atoms. The monoisotopic (exact) mass is 291 g/mol. The van der Waals surface area contributed by atoms with E-state index >= 15 is 0 Å². The maximum absolute atomic E-state index is 13.4. The molecule has 5 heteroatoms. The van der Waals surface area contributed by atoms with Crippen molar-refractivity contribution in [3.05, 3.63) is 52.4 Å². The van der Waals surface area contributed by atoms with Crippen molar-refractivity contribution in [3.8, 4) is 6.07 Å². The van der Waals surface area contributed by atoms with Gasteiger partial charge in [0.1, 0.15) is 17.7 Å². The van der Waals surface area contributed by atoms with Gasteiger partial charge in [-0.05, 0) is 34.1 Å². The van der Waals surface area contributed by atoms with Crippen LogP contribution in [0.1, 0.15) is 5.56 Å². The summed E-state index contributed by atoms with van der Waals surface area (Å²) in [4.78, 5) is 4.04. The average Bonchev–Trinajstić information content (AvgIpc) is 2.34. The Morgan fingerprint density at radius 2 is 2.12 bits per heavy atom. The molecule has 0 atom stereocenters. The van der Waals surface area contributed by atoms with E-state index in [1.54, 1.807) is 24.3 Å². The maximum Gasteiger partial charge on any atom is 0.146 e. The lowest BCUT2D eigenvalue weighted by atomic mass is 10.3. The van der Waals surface area contributed by atoms with E-state index in [1.807, 2.05) is 6.07 Å². The Morgan fingerprint density at radius 1 is 1.35 bits per heavy atom.